The second-order valence-corrected chi connectivity index (χ2v) is 6.82. The molecule has 0 radical (unpaired) electrons. The zero-order chi connectivity index (χ0) is 15.1. The molecular formula is C16H25N5O. The number of H-pyrrole nitrogens is 1. The molecule has 0 bridgehead atoms. The molecule has 3 aliphatic rings. The van der Waals surface area contributed by atoms with Crippen LogP contribution in [0.15, 0.2) is 6.07 Å². The maximum absolute atomic E-state index is 12.4. The van der Waals surface area contributed by atoms with Gasteiger partial charge in [-0.1, -0.05) is 6.92 Å². The number of piperazine rings is 1. The molecule has 6 nitrogen and oxygen atoms in total. The Labute approximate surface area is 131 Å². The number of nitrogens with zero attached hydrogens (tertiary/aromatic N) is 4. The third kappa shape index (κ3) is 2.65. The van der Waals surface area contributed by atoms with Crippen molar-refractivity contribution in [2.45, 2.75) is 31.7 Å². The molecule has 120 valence electrons. The molecule has 3 heterocycles. The lowest BCUT2D eigenvalue weighted by atomic mass is 10.1. The highest BCUT2D eigenvalue weighted by atomic mass is 16.2. The van der Waals surface area contributed by atoms with Gasteiger partial charge in [-0.2, -0.15) is 5.10 Å². The van der Waals surface area contributed by atoms with Crippen LogP contribution in [0.1, 0.15) is 41.9 Å². The minimum absolute atomic E-state index is 0.0894. The summed E-state index contributed by atoms with van der Waals surface area (Å²) in [6, 6.07) is 2.50. The van der Waals surface area contributed by atoms with Crippen LogP contribution < -0.4 is 0 Å². The maximum atomic E-state index is 12.4. The molecule has 1 aromatic heterocycles. The van der Waals surface area contributed by atoms with Crippen molar-refractivity contribution >= 4 is 5.91 Å². The number of hydrogen-bond donors (Lipinski definition) is 1. The normalized spacial score (nSPS) is 24.5. The van der Waals surface area contributed by atoms with Crippen molar-refractivity contribution < 1.29 is 4.79 Å². The van der Waals surface area contributed by atoms with Crippen molar-refractivity contribution in [2.24, 2.45) is 0 Å². The Morgan fingerprint density at radius 3 is 2.64 bits per heavy atom. The van der Waals surface area contributed by atoms with E-state index in [1.807, 2.05) is 11.0 Å². The molecule has 2 aliphatic heterocycles. The van der Waals surface area contributed by atoms with Crippen LogP contribution in [0.25, 0.3) is 0 Å². The molecule has 0 atom stereocenters. The molecule has 2 saturated heterocycles. The van der Waals surface area contributed by atoms with Crippen LogP contribution in [0.4, 0.5) is 0 Å². The highest BCUT2D eigenvalue weighted by Crippen LogP contribution is 2.39. The van der Waals surface area contributed by atoms with Crippen LogP contribution in [0.3, 0.4) is 0 Å². The van der Waals surface area contributed by atoms with E-state index < -0.39 is 0 Å². The predicted molar refractivity (Wildman–Crippen MR) is 83.9 cm³/mol. The molecule has 1 N–H and O–H groups in total. The highest BCUT2D eigenvalue weighted by molar-refractivity contribution is 5.93. The third-order valence-corrected chi connectivity index (χ3v) is 5.35. The molecule has 22 heavy (non-hydrogen) atoms. The summed E-state index contributed by atoms with van der Waals surface area (Å²) < 4.78 is 0. The van der Waals surface area contributed by atoms with Gasteiger partial charge in [-0.05, 0) is 25.5 Å². The summed E-state index contributed by atoms with van der Waals surface area (Å²) >= 11 is 0. The molecule has 1 aliphatic carbocycles. The number of amides is 1. The van der Waals surface area contributed by atoms with Crippen LogP contribution in [0, 0.1) is 0 Å². The average Bonchev–Trinajstić information content (AvgIpc) is 3.23. The van der Waals surface area contributed by atoms with Gasteiger partial charge in [0.15, 0.2) is 0 Å². The summed E-state index contributed by atoms with van der Waals surface area (Å²) in [6.45, 7) is 9.66. The zero-order valence-corrected chi connectivity index (χ0v) is 13.3. The smallest absolute Gasteiger partial charge is 0.274 e. The molecule has 1 aromatic rings. The summed E-state index contributed by atoms with van der Waals surface area (Å²) in [5.74, 6) is 0.708. The number of carbonyl (C=O) groups is 1. The fourth-order valence-corrected chi connectivity index (χ4v) is 3.51. The molecule has 1 amide bonds. The van der Waals surface area contributed by atoms with Gasteiger partial charge in [0.1, 0.15) is 5.69 Å². The van der Waals surface area contributed by atoms with Crippen molar-refractivity contribution in [3.05, 3.63) is 17.5 Å². The minimum atomic E-state index is 0.0894. The first-order valence-electron chi connectivity index (χ1n) is 8.55. The lowest BCUT2D eigenvalue weighted by Gasteiger charge is -2.47. The summed E-state index contributed by atoms with van der Waals surface area (Å²) in [7, 11) is 0. The number of hydrogen-bond acceptors (Lipinski definition) is 4. The number of aromatic nitrogens is 2. The predicted octanol–water partition coefficient (Wildman–Crippen LogP) is 0.749. The van der Waals surface area contributed by atoms with Gasteiger partial charge in [0, 0.05) is 56.9 Å². The zero-order valence-electron chi connectivity index (χ0n) is 13.3. The summed E-state index contributed by atoms with van der Waals surface area (Å²) in [5, 5.41) is 7.23. The van der Waals surface area contributed by atoms with Gasteiger partial charge in [0.25, 0.3) is 5.91 Å². The quantitative estimate of drug-likeness (QED) is 0.892. The fourth-order valence-electron chi connectivity index (χ4n) is 3.51. The molecule has 4 rings (SSSR count). The molecule has 6 heteroatoms. The Hall–Kier alpha value is -1.40. The number of likely N-dealkylation sites (N-methyl/N-ethyl adjacent to an activating group) is 1. The molecular weight excluding hydrogens is 278 g/mol. The van der Waals surface area contributed by atoms with Crippen LogP contribution >= 0.6 is 0 Å². The maximum Gasteiger partial charge on any atom is 0.274 e. The first-order chi connectivity index (χ1) is 10.7. The van der Waals surface area contributed by atoms with Crippen LogP contribution in [0.5, 0.6) is 0 Å². The number of aromatic amines is 1. The Morgan fingerprint density at radius 2 is 2.00 bits per heavy atom. The van der Waals surface area contributed by atoms with Gasteiger partial charge < -0.3 is 9.80 Å². The first kappa shape index (κ1) is 14.2. The molecule has 1 saturated carbocycles. The Kier molecular flexibility index (Phi) is 3.66. The Morgan fingerprint density at radius 1 is 1.27 bits per heavy atom. The van der Waals surface area contributed by atoms with Gasteiger partial charge in [-0.25, -0.2) is 0 Å². The lowest BCUT2D eigenvalue weighted by molar-refractivity contribution is 0.00807. The third-order valence-electron chi connectivity index (χ3n) is 5.35. The average molecular weight is 303 g/mol. The number of likely N-dealkylation sites (tertiary alicyclic amines) is 1. The van der Waals surface area contributed by atoms with Crippen molar-refractivity contribution in [1.29, 1.82) is 0 Å². The minimum Gasteiger partial charge on any atom is -0.334 e. The second-order valence-electron chi connectivity index (χ2n) is 6.82. The van der Waals surface area contributed by atoms with Gasteiger partial charge >= 0.3 is 0 Å². The number of nitrogens with one attached hydrogen (secondary N) is 1. The van der Waals surface area contributed by atoms with Gasteiger partial charge in [0.05, 0.1) is 0 Å². The highest BCUT2D eigenvalue weighted by Gasteiger charge is 2.37. The van der Waals surface area contributed by atoms with Crippen LogP contribution in [-0.2, 0) is 0 Å². The van der Waals surface area contributed by atoms with E-state index in [1.54, 1.807) is 0 Å². The molecule has 3 fully saturated rings. The molecule has 0 unspecified atom stereocenters. The van der Waals surface area contributed by atoms with Crippen molar-refractivity contribution in [3.8, 4) is 0 Å². The molecule has 0 aromatic carbocycles. The number of rotatable bonds is 4. The number of carbonyl (C=O) groups excluding carboxylic acids is 1. The summed E-state index contributed by atoms with van der Waals surface area (Å²) in [4.78, 5) is 19.4. The van der Waals surface area contributed by atoms with E-state index in [4.69, 9.17) is 0 Å². The monoisotopic (exact) mass is 303 g/mol. The largest absolute Gasteiger partial charge is 0.334 e. The van der Waals surface area contributed by atoms with Crippen LogP contribution in [-0.4, -0.2) is 82.7 Å². The van der Waals surface area contributed by atoms with E-state index in [9.17, 15) is 4.79 Å². The van der Waals surface area contributed by atoms with Crippen molar-refractivity contribution in [1.82, 2.24) is 24.9 Å². The van der Waals surface area contributed by atoms with Crippen molar-refractivity contribution in [3.63, 3.8) is 0 Å². The fraction of sp³-hybridized carbons (Fsp3) is 0.750. The van der Waals surface area contributed by atoms with E-state index >= 15 is 0 Å². The Bertz CT molecular complexity index is 538. The lowest BCUT2D eigenvalue weighted by Crippen LogP contribution is -2.64. The Balaban J connectivity index is 1.28. The summed E-state index contributed by atoms with van der Waals surface area (Å²) in [6.07, 6.45) is 2.46. The second kappa shape index (κ2) is 5.66. The van der Waals surface area contributed by atoms with Crippen LogP contribution in [0.2, 0.25) is 0 Å². The van der Waals surface area contributed by atoms with E-state index in [2.05, 4.69) is 26.9 Å². The van der Waals surface area contributed by atoms with Gasteiger partial charge in [-0.3, -0.25) is 14.8 Å². The standard InChI is InChI=1S/C16H25N5O/c1-2-19-5-7-20(8-6-19)13-10-21(11-13)16(22)15-9-14(17-18-15)12-3-4-12/h9,12-13H,2-8,10-11H2,1H3,(H,17,18). The van der Waals surface area contributed by atoms with Gasteiger partial charge in [-0.15, -0.1) is 0 Å². The van der Waals surface area contributed by atoms with E-state index in [0.29, 0.717) is 17.7 Å². The van der Waals surface area contributed by atoms with E-state index in [0.717, 1.165) is 51.5 Å². The summed E-state index contributed by atoms with van der Waals surface area (Å²) in [5.41, 5.74) is 1.73. The topological polar surface area (TPSA) is 55.5 Å². The molecule has 0 spiro atoms. The van der Waals surface area contributed by atoms with E-state index in [-0.39, 0.29) is 5.91 Å². The SMILES string of the molecule is CCN1CCN(C2CN(C(=O)c3cc(C4CC4)[nH]n3)C2)CC1. The first-order valence-corrected chi connectivity index (χ1v) is 8.55. The van der Waals surface area contributed by atoms with Gasteiger partial charge in [0.2, 0.25) is 0 Å². The van der Waals surface area contributed by atoms with E-state index in [1.165, 1.54) is 12.8 Å². The van der Waals surface area contributed by atoms with Crippen molar-refractivity contribution in [2.75, 3.05) is 45.8 Å².